The lowest BCUT2D eigenvalue weighted by Gasteiger charge is -2.14. The summed E-state index contributed by atoms with van der Waals surface area (Å²) in [4.78, 5) is 26.5. The maximum absolute atomic E-state index is 13.0. The number of rotatable bonds is 6. The van der Waals surface area contributed by atoms with E-state index in [1.807, 2.05) is 30.5 Å². The molecule has 2 amide bonds. The predicted octanol–water partition coefficient (Wildman–Crippen LogP) is 4.56. The summed E-state index contributed by atoms with van der Waals surface area (Å²) < 4.78 is 5.13. The minimum atomic E-state index is -0.389. The summed E-state index contributed by atoms with van der Waals surface area (Å²) in [6, 6.07) is 19.6. The molecule has 0 unspecified atom stereocenters. The van der Waals surface area contributed by atoms with E-state index in [0.29, 0.717) is 22.6 Å². The van der Waals surface area contributed by atoms with Gasteiger partial charge in [0.25, 0.3) is 11.8 Å². The summed E-state index contributed by atoms with van der Waals surface area (Å²) in [7, 11) is 1.58. The molecule has 1 heterocycles. The Hall–Kier alpha value is -3.38. The van der Waals surface area contributed by atoms with E-state index in [9.17, 15) is 9.59 Å². The van der Waals surface area contributed by atoms with Crippen molar-refractivity contribution in [1.29, 1.82) is 0 Å². The van der Waals surface area contributed by atoms with Crippen molar-refractivity contribution >= 4 is 34.4 Å². The normalized spacial score (nSPS) is 11.4. The zero-order chi connectivity index (χ0) is 19.9. The van der Waals surface area contributed by atoms with E-state index in [0.717, 1.165) is 4.88 Å². The molecule has 0 aliphatic heterocycles. The number of anilines is 1. The van der Waals surface area contributed by atoms with Gasteiger partial charge in [0.1, 0.15) is 11.4 Å². The van der Waals surface area contributed by atoms with Gasteiger partial charge in [0, 0.05) is 16.1 Å². The number of thiophene rings is 1. The number of carbonyl (C=O) groups is 2. The van der Waals surface area contributed by atoms with Crippen LogP contribution < -0.4 is 15.4 Å². The van der Waals surface area contributed by atoms with E-state index in [4.69, 9.17) is 4.74 Å². The first kappa shape index (κ1) is 19.4. The van der Waals surface area contributed by atoms with E-state index in [-0.39, 0.29) is 17.5 Å². The smallest absolute Gasteiger partial charge is 0.272 e. The molecule has 2 N–H and O–H groups in total. The summed E-state index contributed by atoms with van der Waals surface area (Å²) in [5.41, 5.74) is 2.00. The highest BCUT2D eigenvalue weighted by atomic mass is 32.1. The van der Waals surface area contributed by atoms with Gasteiger partial charge in [-0.2, -0.15) is 0 Å². The highest BCUT2D eigenvalue weighted by Gasteiger charge is 2.19. The van der Waals surface area contributed by atoms with E-state index >= 15 is 0 Å². The fraction of sp³-hybridized carbons (Fsp3) is 0.0909. The van der Waals surface area contributed by atoms with Crippen LogP contribution in [0.5, 0.6) is 5.75 Å². The summed E-state index contributed by atoms with van der Waals surface area (Å²) in [6.07, 6.45) is 0. The standard InChI is InChI=1S/C22H20N2O3S/c1-15(19-9-6-14-28-19)20(24-21(25)16-7-4-3-5-8-16)22(26)23-17-10-12-18(27-2)13-11-17/h3-14H,1-2H3,(H,23,26)(H,24,25)/b20-15-. The minimum absolute atomic E-state index is 0.215. The lowest BCUT2D eigenvalue weighted by Crippen LogP contribution is -2.31. The number of amides is 2. The van der Waals surface area contributed by atoms with Gasteiger partial charge in [0.15, 0.2) is 0 Å². The highest BCUT2D eigenvalue weighted by molar-refractivity contribution is 7.11. The van der Waals surface area contributed by atoms with Crippen LogP contribution in [0.3, 0.4) is 0 Å². The zero-order valence-electron chi connectivity index (χ0n) is 15.6. The first-order valence-electron chi connectivity index (χ1n) is 8.65. The maximum Gasteiger partial charge on any atom is 0.272 e. The first-order valence-corrected chi connectivity index (χ1v) is 9.53. The van der Waals surface area contributed by atoms with Gasteiger partial charge in [0.05, 0.1) is 7.11 Å². The number of hydrogen-bond donors (Lipinski definition) is 2. The van der Waals surface area contributed by atoms with Crippen LogP contribution in [0.25, 0.3) is 5.57 Å². The largest absolute Gasteiger partial charge is 0.497 e. The van der Waals surface area contributed by atoms with Crippen LogP contribution in [0.15, 0.2) is 77.8 Å². The molecule has 0 saturated carbocycles. The molecule has 0 aliphatic carbocycles. The van der Waals surface area contributed by atoms with Crippen LogP contribution in [0, 0.1) is 0 Å². The third-order valence-corrected chi connectivity index (χ3v) is 5.10. The Morgan fingerprint density at radius 1 is 0.929 bits per heavy atom. The van der Waals surface area contributed by atoms with Crippen molar-refractivity contribution in [1.82, 2.24) is 5.32 Å². The summed E-state index contributed by atoms with van der Waals surface area (Å²) >= 11 is 1.51. The molecular weight excluding hydrogens is 372 g/mol. The molecule has 0 bridgehead atoms. The molecule has 3 rings (SSSR count). The highest BCUT2D eigenvalue weighted by Crippen LogP contribution is 2.23. The summed E-state index contributed by atoms with van der Waals surface area (Å²) in [5, 5.41) is 7.53. The molecule has 0 aliphatic rings. The summed E-state index contributed by atoms with van der Waals surface area (Å²) in [6.45, 7) is 1.82. The van der Waals surface area contributed by atoms with Crippen LogP contribution >= 0.6 is 11.3 Å². The van der Waals surface area contributed by atoms with Crippen LogP contribution in [0.2, 0.25) is 0 Å². The Balaban J connectivity index is 1.88. The molecule has 0 spiro atoms. The second kappa shape index (κ2) is 9.01. The molecule has 0 saturated heterocycles. The van der Waals surface area contributed by atoms with Gasteiger partial charge in [0.2, 0.25) is 0 Å². The van der Waals surface area contributed by atoms with Crippen LogP contribution in [-0.2, 0) is 4.79 Å². The topological polar surface area (TPSA) is 67.4 Å². The van der Waals surface area contributed by atoms with Gasteiger partial charge in [-0.15, -0.1) is 11.3 Å². The number of methoxy groups -OCH3 is 1. The fourth-order valence-electron chi connectivity index (χ4n) is 2.58. The maximum atomic E-state index is 13.0. The van der Waals surface area contributed by atoms with Crippen molar-refractivity contribution in [3.63, 3.8) is 0 Å². The number of ether oxygens (including phenoxy) is 1. The zero-order valence-corrected chi connectivity index (χ0v) is 16.4. The molecular formula is C22H20N2O3S. The number of hydrogen-bond acceptors (Lipinski definition) is 4. The Morgan fingerprint density at radius 2 is 1.64 bits per heavy atom. The molecule has 1 aromatic heterocycles. The van der Waals surface area contributed by atoms with Crippen molar-refractivity contribution in [3.05, 3.63) is 88.2 Å². The molecule has 3 aromatic rings. The third kappa shape index (κ3) is 4.66. The Kier molecular flexibility index (Phi) is 6.24. The van der Waals surface area contributed by atoms with Gasteiger partial charge < -0.3 is 15.4 Å². The number of benzene rings is 2. The number of allylic oxidation sites excluding steroid dienone is 1. The monoisotopic (exact) mass is 392 g/mol. The molecule has 6 heteroatoms. The van der Waals surface area contributed by atoms with E-state index in [2.05, 4.69) is 10.6 Å². The average molecular weight is 392 g/mol. The van der Waals surface area contributed by atoms with Gasteiger partial charge in [-0.1, -0.05) is 24.3 Å². The van der Waals surface area contributed by atoms with Crippen LogP contribution in [0.1, 0.15) is 22.2 Å². The number of carbonyl (C=O) groups excluding carboxylic acids is 2. The van der Waals surface area contributed by atoms with Crippen molar-refractivity contribution in [2.45, 2.75) is 6.92 Å². The summed E-state index contributed by atoms with van der Waals surface area (Å²) in [5.74, 6) is -0.0300. The molecule has 0 radical (unpaired) electrons. The van der Waals surface area contributed by atoms with Crippen molar-refractivity contribution in [2.75, 3.05) is 12.4 Å². The molecule has 5 nitrogen and oxygen atoms in total. The van der Waals surface area contributed by atoms with Crippen molar-refractivity contribution in [2.24, 2.45) is 0 Å². The van der Waals surface area contributed by atoms with Gasteiger partial charge >= 0.3 is 0 Å². The van der Waals surface area contributed by atoms with Crippen molar-refractivity contribution in [3.8, 4) is 5.75 Å². The third-order valence-electron chi connectivity index (χ3n) is 4.12. The Morgan fingerprint density at radius 3 is 2.25 bits per heavy atom. The fourth-order valence-corrected chi connectivity index (χ4v) is 3.32. The van der Waals surface area contributed by atoms with Crippen molar-refractivity contribution < 1.29 is 14.3 Å². The van der Waals surface area contributed by atoms with Gasteiger partial charge in [-0.3, -0.25) is 9.59 Å². The predicted molar refractivity (Wildman–Crippen MR) is 112 cm³/mol. The average Bonchev–Trinajstić information content (AvgIpc) is 3.27. The van der Waals surface area contributed by atoms with Crippen LogP contribution in [-0.4, -0.2) is 18.9 Å². The lowest BCUT2D eigenvalue weighted by atomic mass is 10.1. The second-order valence-corrected chi connectivity index (χ2v) is 6.93. The Labute approximate surface area is 167 Å². The molecule has 142 valence electrons. The van der Waals surface area contributed by atoms with E-state index < -0.39 is 0 Å². The first-order chi connectivity index (χ1) is 13.6. The Bertz CT molecular complexity index is 978. The SMILES string of the molecule is COc1ccc(NC(=O)/C(NC(=O)c2ccccc2)=C(\C)c2cccs2)cc1. The van der Waals surface area contributed by atoms with Gasteiger partial charge in [-0.05, 0) is 60.3 Å². The molecule has 2 aromatic carbocycles. The number of nitrogens with one attached hydrogen (secondary N) is 2. The molecule has 0 fully saturated rings. The quantitative estimate of drug-likeness (QED) is 0.605. The lowest BCUT2D eigenvalue weighted by molar-refractivity contribution is -0.113. The van der Waals surface area contributed by atoms with E-state index in [1.165, 1.54) is 11.3 Å². The minimum Gasteiger partial charge on any atom is -0.497 e. The van der Waals surface area contributed by atoms with Crippen LogP contribution in [0.4, 0.5) is 5.69 Å². The van der Waals surface area contributed by atoms with E-state index in [1.54, 1.807) is 55.6 Å². The molecule has 28 heavy (non-hydrogen) atoms. The molecule has 0 atom stereocenters. The second-order valence-electron chi connectivity index (χ2n) is 5.98. The van der Waals surface area contributed by atoms with Gasteiger partial charge in [-0.25, -0.2) is 0 Å².